The lowest BCUT2D eigenvalue weighted by molar-refractivity contribution is -0.113. The summed E-state index contributed by atoms with van der Waals surface area (Å²) in [5.41, 5.74) is 0.560. The van der Waals surface area contributed by atoms with Gasteiger partial charge in [0.05, 0.1) is 18.1 Å². The molecule has 2 rings (SSSR count). The Morgan fingerprint density at radius 2 is 2.12 bits per heavy atom. The molecule has 25 heavy (non-hydrogen) atoms. The minimum absolute atomic E-state index is 0.179. The number of hydrogen-bond acceptors (Lipinski definition) is 7. The summed E-state index contributed by atoms with van der Waals surface area (Å²) in [5.74, 6) is 0.391. The Morgan fingerprint density at radius 1 is 1.44 bits per heavy atom. The lowest BCUT2D eigenvalue weighted by Gasteiger charge is -2.31. The third-order valence-corrected chi connectivity index (χ3v) is 6.45. The quantitative estimate of drug-likeness (QED) is 0.599. The molecule has 1 N–H and O–H groups in total. The molecule has 6 nitrogen and oxygen atoms in total. The predicted molar refractivity (Wildman–Crippen MR) is 106 cm³/mol. The predicted octanol–water partition coefficient (Wildman–Crippen LogP) is 3.32. The number of rotatable bonds is 5. The topological polar surface area (TPSA) is 71.5 Å². The van der Waals surface area contributed by atoms with Crippen LogP contribution in [0.15, 0.2) is 0 Å². The van der Waals surface area contributed by atoms with E-state index < -0.39 is 5.97 Å². The van der Waals surface area contributed by atoms with E-state index in [1.54, 1.807) is 13.8 Å². The summed E-state index contributed by atoms with van der Waals surface area (Å²) in [7, 11) is 0. The fraction of sp³-hybridized carbons (Fsp3) is 0.625. The summed E-state index contributed by atoms with van der Waals surface area (Å²) in [4.78, 5) is 30.7. The Bertz CT molecular complexity index is 640. The second-order valence-electron chi connectivity index (χ2n) is 5.93. The van der Waals surface area contributed by atoms with Crippen molar-refractivity contribution in [1.29, 1.82) is 0 Å². The normalized spacial score (nSPS) is 15.1. The van der Waals surface area contributed by atoms with Crippen molar-refractivity contribution < 1.29 is 14.3 Å². The Hall–Kier alpha value is -1.19. The molecule has 0 atom stereocenters. The number of nitrogens with zero attached hydrogens (tertiary/aromatic N) is 2. The molecule has 138 valence electrons. The van der Waals surface area contributed by atoms with Crippen molar-refractivity contribution in [2.45, 2.75) is 33.6 Å². The molecular formula is C16H23N3O3S3. The van der Waals surface area contributed by atoms with Crippen LogP contribution >= 0.6 is 35.3 Å². The van der Waals surface area contributed by atoms with Gasteiger partial charge in [-0.05, 0) is 32.6 Å². The van der Waals surface area contributed by atoms with E-state index in [4.69, 9.17) is 17.0 Å². The second-order valence-corrected chi connectivity index (χ2v) is 8.53. The fourth-order valence-corrected chi connectivity index (χ4v) is 4.33. The van der Waals surface area contributed by atoms with Crippen molar-refractivity contribution in [2.24, 2.45) is 5.92 Å². The average Bonchev–Trinajstić information content (AvgIpc) is 2.94. The number of anilines is 1. The zero-order valence-electron chi connectivity index (χ0n) is 14.7. The molecule has 0 bridgehead atoms. The molecule has 0 unspecified atom stereocenters. The van der Waals surface area contributed by atoms with Gasteiger partial charge in [0, 0.05) is 13.1 Å². The molecule has 0 aromatic carbocycles. The number of likely N-dealkylation sites (tertiary alicyclic amines) is 1. The molecular weight excluding hydrogens is 378 g/mol. The van der Waals surface area contributed by atoms with E-state index in [1.165, 1.54) is 11.8 Å². The van der Waals surface area contributed by atoms with Gasteiger partial charge in [0.15, 0.2) is 5.13 Å². The van der Waals surface area contributed by atoms with Crippen LogP contribution < -0.4 is 5.32 Å². The molecule has 1 saturated heterocycles. The number of carbonyl (C=O) groups is 2. The lowest BCUT2D eigenvalue weighted by Crippen LogP contribution is -2.36. The molecule has 0 spiro atoms. The number of esters is 1. The van der Waals surface area contributed by atoms with Crippen LogP contribution in [-0.4, -0.2) is 51.5 Å². The van der Waals surface area contributed by atoms with Gasteiger partial charge in [0.25, 0.3) is 0 Å². The van der Waals surface area contributed by atoms with Crippen molar-refractivity contribution in [2.75, 3.05) is 30.8 Å². The number of carbonyl (C=O) groups excluding carboxylic acids is 2. The molecule has 1 fully saturated rings. The largest absolute Gasteiger partial charge is 0.462 e. The van der Waals surface area contributed by atoms with Crippen LogP contribution in [0.2, 0.25) is 0 Å². The highest BCUT2D eigenvalue weighted by Gasteiger charge is 2.20. The molecule has 0 radical (unpaired) electrons. The van der Waals surface area contributed by atoms with E-state index >= 15 is 0 Å². The van der Waals surface area contributed by atoms with Crippen molar-refractivity contribution in [1.82, 2.24) is 9.88 Å². The number of hydrogen-bond donors (Lipinski definition) is 1. The maximum absolute atomic E-state index is 12.1. The summed E-state index contributed by atoms with van der Waals surface area (Å²) >= 11 is 7.91. The van der Waals surface area contributed by atoms with Crippen LogP contribution in [0, 0.1) is 12.8 Å². The van der Waals surface area contributed by atoms with E-state index in [-0.39, 0.29) is 11.7 Å². The fourth-order valence-electron chi connectivity index (χ4n) is 2.40. The maximum Gasteiger partial charge on any atom is 0.350 e. The number of ether oxygens (including phenoxy) is 1. The maximum atomic E-state index is 12.1. The second kappa shape index (κ2) is 9.49. The van der Waals surface area contributed by atoms with Gasteiger partial charge in [-0.25, -0.2) is 9.78 Å². The van der Waals surface area contributed by atoms with E-state index in [0.29, 0.717) is 22.3 Å². The van der Waals surface area contributed by atoms with Gasteiger partial charge in [0.2, 0.25) is 5.91 Å². The summed E-state index contributed by atoms with van der Waals surface area (Å²) in [6.45, 7) is 7.95. The van der Waals surface area contributed by atoms with Gasteiger partial charge < -0.3 is 15.0 Å². The average molecular weight is 402 g/mol. The van der Waals surface area contributed by atoms with E-state index in [0.717, 1.165) is 47.5 Å². The SMILES string of the molecule is CCOC(=O)c1sc(NC(=O)CSC(=S)N2CCC(C)CC2)nc1C. The third-order valence-electron chi connectivity index (χ3n) is 3.87. The van der Waals surface area contributed by atoms with E-state index in [2.05, 4.69) is 22.1 Å². The number of aromatic nitrogens is 1. The number of thiazole rings is 1. The van der Waals surface area contributed by atoms with Gasteiger partial charge in [-0.15, -0.1) is 0 Å². The van der Waals surface area contributed by atoms with E-state index in [9.17, 15) is 9.59 Å². The standard InChI is InChI=1S/C16H23N3O3S3/c1-4-22-14(21)13-11(3)17-15(25-13)18-12(20)9-24-16(23)19-7-5-10(2)6-8-19/h10H,4-9H2,1-3H3,(H,17,18,20). The number of aryl methyl sites for hydroxylation is 1. The molecule has 1 aliphatic rings. The first-order valence-corrected chi connectivity index (χ1v) is 10.5. The number of thioether (sulfide) groups is 1. The third kappa shape index (κ3) is 5.93. The zero-order valence-corrected chi connectivity index (χ0v) is 17.1. The van der Waals surface area contributed by atoms with Gasteiger partial charge in [-0.1, -0.05) is 42.2 Å². The highest BCUT2D eigenvalue weighted by Crippen LogP contribution is 2.24. The highest BCUT2D eigenvalue weighted by atomic mass is 32.2. The van der Waals surface area contributed by atoms with E-state index in [1.807, 2.05) is 0 Å². The van der Waals surface area contributed by atoms with Crippen molar-refractivity contribution in [3.8, 4) is 0 Å². The summed E-state index contributed by atoms with van der Waals surface area (Å²) in [6, 6.07) is 0. The van der Waals surface area contributed by atoms with Crippen LogP contribution in [0.4, 0.5) is 5.13 Å². The minimum atomic E-state index is -0.409. The van der Waals surface area contributed by atoms with Crippen LogP contribution in [0.1, 0.15) is 42.1 Å². The first kappa shape index (κ1) is 20.1. The molecule has 1 amide bonds. The number of amides is 1. The Labute approximate surface area is 161 Å². The van der Waals surface area contributed by atoms with Crippen LogP contribution in [-0.2, 0) is 9.53 Å². The molecule has 1 aliphatic heterocycles. The first-order valence-electron chi connectivity index (χ1n) is 8.26. The van der Waals surface area contributed by atoms with Crippen molar-refractivity contribution in [3.63, 3.8) is 0 Å². The van der Waals surface area contributed by atoms with Crippen molar-refractivity contribution >= 4 is 56.6 Å². The van der Waals surface area contributed by atoms with Gasteiger partial charge in [-0.3, -0.25) is 4.79 Å². The minimum Gasteiger partial charge on any atom is -0.462 e. The van der Waals surface area contributed by atoms with Crippen LogP contribution in [0.5, 0.6) is 0 Å². The molecule has 1 aromatic heterocycles. The number of nitrogens with one attached hydrogen (secondary N) is 1. The summed E-state index contributed by atoms with van der Waals surface area (Å²) < 4.78 is 5.74. The molecule has 1 aromatic rings. The Morgan fingerprint density at radius 3 is 2.76 bits per heavy atom. The summed E-state index contributed by atoms with van der Waals surface area (Å²) in [6.07, 6.45) is 2.28. The molecule has 0 aliphatic carbocycles. The monoisotopic (exact) mass is 401 g/mol. The summed E-state index contributed by atoms with van der Waals surface area (Å²) in [5, 5.41) is 3.13. The molecule has 2 heterocycles. The van der Waals surface area contributed by atoms with Gasteiger partial charge in [0.1, 0.15) is 9.20 Å². The Balaban J connectivity index is 1.81. The number of thiocarbonyl (C=S) groups is 1. The van der Waals surface area contributed by atoms with Gasteiger partial charge >= 0.3 is 5.97 Å². The lowest BCUT2D eigenvalue weighted by atomic mass is 10.00. The zero-order chi connectivity index (χ0) is 18.4. The van der Waals surface area contributed by atoms with Crippen LogP contribution in [0.25, 0.3) is 0 Å². The highest BCUT2D eigenvalue weighted by molar-refractivity contribution is 8.23. The Kier molecular flexibility index (Phi) is 7.64. The molecule has 0 saturated carbocycles. The first-order chi connectivity index (χ1) is 11.9. The van der Waals surface area contributed by atoms with Crippen LogP contribution in [0.3, 0.4) is 0 Å². The smallest absolute Gasteiger partial charge is 0.350 e. The molecule has 9 heteroatoms. The van der Waals surface area contributed by atoms with Gasteiger partial charge in [-0.2, -0.15) is 0 Å². The number of piperidine rings is 1. The van der Waals surface area contributed by atoms with Crippen molar-refractivity contribution in [3.05, 3.63) is 10.6 Å².